The van der Waals surface area contributed by atoms with Gasteiger partial charge in [-0.2, -0.15) is 0 Å². The van der Waals surface area contributed by atoms with E-state index < -0.39 is 24.2 Å². The Hall–Kier alpha value is -1.30. The summed E-state index contributed by atoms with van der Waals surface area (Å²) in [4.78, 5) is 22.2. The summed E-state index contributed by atoms with van der Waals surface area (Å²) >= 11 is 0. The maximum Gasteiger partial charge on any atom is 0.408 e. The molecule has 0 aromatic carbocycles. The van der Waals surface area contributed by atoms with Crippen LogP contribution in [0.25, 0.3) is 0 Å². The lowest BCUT2D eigenvalue weighted by atomic mass is 9.98. The van der Waals surface area contributed by atoms with E-state index in [0.717, 1.165) is 4.90 Å². The lowest BCUT2D eigenvalue weighted by Gasteiger charge is -2.30. The minimum Gasteiger partial charge on any atom is -0.479 e. The lowest BCUT2D eigenvalue weighted by Crippen LogP contribution is -2.55. The third kappa shape index (κ3) is 1.33. The molecular weight excluding hydrogens is 178 g/mol. The van der Waals surface area contributed by atoms with Crippen LogP contribution in [0.5, 0.6) is 0 Å². The quantitative estimate of drug-likeness (QED) is 0.547. The van der Waals surface area contributed by atoms with Crippen LogP contribution >= 0.6 is 0 Å². The fraction of sp³-hybridized carbons (Fsp3) is 0.714. The van der Waals surface area contributed by atoms with Gasteiger partial charge in [0.2, 0.25) is 0 Å². The molecule has 74 valence electrons. The van der Waals surface area contributed by atoms with E-state index in [9.17, 15) is 9.59 Å². The minimum absolute atomic E-state index is 0.169. The van der Waals surface area contributed by atoms with Gasteiger partial charge in [0.15, 0.2) is 5.54 Å². The second-order valence-corrected chi connectivity index (χ2v) is 3.03. The highest BCUT2D eigenvalue weighted by atomic mass is 16.4. The van der Waals surface area contributed by atoms with Gasteiger partial charge in [-0.05, 0) is 12.8 Å². The van der Waals surface area contributed by atoms with Crippen LogP contribution in [-0.2, 0) is 4.79 Å². The summed E-state index contributed by atoms with van der Waals surface area (Å²) in [6.07, 6.45) is -0.654. The summed E-state index contributed by atoms with van der Waals surface area (Å²) in [7, 11) is 0. The molecule has 0 radical (unpaired) electrons. The van der Waals surface area contributed by atoms with Crippen molar-refractivity contribution >= 4 is 12.1 Å². The molecule has 1 heterocycles. The summed E-state index contributed by atoms with van der Waals surface area (Å²) in [5, 5.41) is 26.4. The highest BCUT2D eigenvalue weighted by Crippen LogP contribution is 2.29. The first-order chi connectivity index (χ1) is 6.04. The summed E-state index contributed by atoms with van der Waals surface area (Å²) in [5.41, 5.74) is -1.62. The third-order valence-corrected chi connectivity index (χ3v) is 2.38. The second kappa shape index (κ2) is 3.21. The Bertz CT molecular complexity index is 241. The molecule has 0 bridgehead atoms. The molecule has 1 aliphatic heterocycles. The van der Waals surface area contributed by atoms with Gasteiger partial charge < -0.3 is 15.3 Å². The van der Waals surface area contributed by atoms with Gasteiger partial charge in [0.25, 0.3) is 0 Å². The van der Waals surface area contributed by atoms with Gasteiger partial charge in [0.05, 0.1) is 6.61 Å². The Kier molecular flexibility index (Phi) is 2.42. The van der Waals surface area contributed by atoms with Crippen molar-refractivity contribution < 1.29 is 24.9 Å². The molecule has 0 aromatic rings. The van der Waals surface area contributed by atoms with Crippen molar-refractivity contribution in [3.63, 3.8) is 0 Å². The SMILES string of the molecule is O=C(O)N1CCC[C@]1(CO)C(=O)O. The van der Waals surface area contributed by atoms with Gasteiger partial charge in [-0.15, -0.1) is 0 Å². The zero-order valence-corrected chi connectivity index (χ0v) is 6.93. The first kappa shape index (κ1) is 9.79. The van der Waals surface area contributed by atoms with E-state index in [0.29, 0.717) is 6.42 Å². The zero-order chi connectivity index (χ0) is 10.1. The molecule has 1 rings (SSSR count). The number of rotatable bonds is 2. The molecule has 0 aromatic heterocycles. The van der Waals surface area contributed by atoms with Crippen LogP contribution in [0.4, 0.5) is 4.79 Å². The van der Waals surface area contributed by atoms with Crippen molar-refractivity contribution in [2.75, 3.05) is 13.2 Å². The van der Waals surface area contributed by atoms with E-state index in [2.05, 4.69) is 0 Å². The molecule has 1 fully saturated rings. The van der Waals surface area contributed by atoms with Crippen LogP contribution in [0, 0.1) is 0 Å². The van der Waals surface area contributed by atoms with Crippen LogP contribution < -0.4 is 0 Å². The van der Waals surface area contributed by atoms with Crippen molar-refractivity contribution in [1.29, 1.82) is 0 Å². The Morgan fingerprint density at radius 3 is 2.31 bits per heavy atom. The lowest BCUT2D eigenvalue weighted by molar-refractivity contribution is -0.151. The van der Waals surface area contributed by atoms with Gasteiger partial charge in [-0.3, -0.25) is 4.90 Å². The Morgan fingerprint density at radius 1 is 1.38 bits per heavy atom. The highest BCUT2D eigenvalue weighted by molar-refractivity contribution is 5.84. The molecule has 1 atom stereocenters. The number of carboxylic acid groups (broad SMARTS) is 2. The fourth-order valence-corrected chi connectivity index (χ4v) is 1.61. The number of carboxylic acids is 1. The largest absolute Gasteiger partial charge is 0.479 e. The number of likely N-dealkylation sites (tertiary alicyclic amines) is 1. The fourth-order valence-electron chi connectivity index (χ4n) is 1.61. The molecular formula is C7H11NO5. The van der Waals surface area contributed by atoms with E-state index in [1.165, 1.54) is 0 Å². The van der Waals surface area contributed by atoms with Crippen LogP contribution in [0.3, 0.4) is 0 Å². The molecule has 0 unspecified atom stereocenters. The molecule has 13 heavy (non-hydrogen) atoms. The molecule has 6 heteroatoms. The van der Waals surface area contributed by atoms with Gasteiger partial charge in [-0.1, -0.05) is 0 Å². The molecule has 0 spiro atoms. The molecule has 3 N–H and O–H groups in total. The summed E-state index contributed by atoms with van der Waals surface area (Å²) < 4.78 is 0. The average Bonchev–Trinajstić information content (AvgIpc) is 2.48. The third-order valence-electron chi connectivity index (χ3n) is 2.38. The molecule has 6 nitrogen and oxygen atoms in total. The minimum atomic E-state index is -1.62. The number of hydrogen-bond acceptors (Lipinski definition) is 3. The highest BCUT2D eigenvalue weighted by Gasteiger charge is 2.49. The van der Waals surface area contributed by atoms with Gasteiger partial charge in [0, 0.05) is 6.54 Å². The van der Waals surface area contributed by atoms with Gasteiger partial charge >= 0.3 is 12.1 Å². The van der Waals surface area contributed by atoms with Gasteiger partial charge in [0.1, 0.15) is 0 Å². The zero-order valence-electron chi connectivity index (χ0n) is 6.93. The van der Waals surface area contributed by atoms with Crippen molar-refractivity contribution in [3.05, 3.63) is 0 Å². The van der Waals surface area contributed by atoms with Crippen molar-refractivity contribution in [1.82, 2.24) is 4.90 Å². The summed E-state index contributed by atoms with van der Waals surface area (Å²) in [6.45, 7) is -0.503. The van der Waals surface area contributed by atoms with Crippen molar-refractivity contribution in [2.45, 2.75) is 18.4 Å². The van der Waals surface area contributed by atoms with E-state index in [-0.39, 0.29) is 13.0 Å². The van der Waals surface area contributed by atoms with E-state index in [1.54, 1.807) is 0 Å². The smallest absolute Gasteiger partial charge is 0.408 e. The number of nitrogens with zero attached hydrogens (tertiary/aromatic N) is 1. The number of carbonyl (C=O) groups is 2. The number of aliphatic carboxylic acids is 1. The summed E-state index contributed by atoms with van der Waals surface area (Å²) in [6, 6.07) is 0. The van der Waals surface area contributed by atoms with Gasteiger partial charge in [-0.25, -0.2) is 9.59 Å². The maximum absolute atomic E-state index is 10.8. The standard InChI is InChI=1S/C7H11NO5/c9-4-7(5(10)11)2-1-3-8(7)6(12)13/h9H,1-4H2,(H,10,11)(H,12,13)/t7-/m0/s1. The molecule has 1 aliphatic rings. The first-order valence-corrected chi connectivity index (χ1v) is 3.89. The van der Waals surface area contributed by atoms with Crippen molar-refractivity contribution in [3.8, 4) is 0 Å². The van der Waals surface area contributed by atoms with Crippen molar-refractivity contribution in [2.24, 2.45) is 0 Å². The number of aliphatic hydroxyl groups excluding tert-OH is 1. The van der Waals surface area contributed by atoms with Crippen LogP contribution in [0.2, 0.25) is 0 Å². The number of hydrogen-bond donors (Lipinski definition) is 3. The normalized spacial score (nSPS) is 27.6. The monoisotopic (exact) mass is 189 g/mol. The number of aliphatic hydroxyl groups is 1. The maximum atomic E-state index is 10.8. The first-order valence-electron chi connectivity index (χ1n) is 3.89. The van der Waals surface area contributed by atoms with E-state index >= 15 is 0 Å². The van der Waals surface area contributed by atoms with Crippen LogP contribution in [0.15, 0.2) is 0 Å². The predicted octanol–water partition coefficient (Wildman–Crippen LogP) is -0.424. The Labute approximate surface area is 74.4 Å². The summed E-state index contributed by atoms with van der Waals surface area (Å²) in [5.74, 6) is -1.28. The molecule has 1 saturated heterocycles. The Balaban J connectivity index is 2.96. The van der Waals surface area contributed by atoms with E-state index in [4.69, 9.17) is 15.3 Å². The van der Waals surface area contributed by atoms with Crippen LogP contribution in [-0.4, -0.2) is 51.0 Å². The number of amides is 1. The topological polar surface area (TPSA) is 98.1 Å². The molecule has 0 saturated carbocycles. The van der Waals surface area contributed by atoms with Crippen LogP contribution in [0.1, 0.15) is 12.8 Å². The van der Waals surface area contributed by atoms with E-state index in [1.807, 2.05) is 0 Å². The second-order valence-electron chi connectivity index (χ2n) is 3.03. The molecule has 0 aliphatic carbocycles. The average molecular weight is 189 g/mol. The predicted molar refractivity (Wildman–Crippen MR) is 41.4 cm³/mol. The molecule has 1 amide bonds. The Morgan fingerprint density at radius 2 is 2.00 bits per heavy atom.